The molecule has 0 aliphatic carbocycles. The molecule has 3 N–H and O–H groups in total. The molecule has 0 unspecified atom stereocenters. The van der Waals surface area contributed by atoms with Crippen molar-refractivity contribution < 1.29 is 14.4 Å². The van der Waals surface area contributed by atoms with Gasteiger partial charge in [0, 0.05) is 41.6 Å². The largest absolute Gasteiger partial charge is 0.361 e. The molecule has 1 saturated heterocycles. The van der Waals surface area contributed by atoms with E-state index >= 15 is 0 Å². The van der Waals surface area contributed by atoms with Crippen molar-refractivity contribution in [3.63, 3.8) is 0 Å². The zero-order chi connectivity index (χ0) is 19.4. The molecular weight excluding hydrogens is 368 g/mol. The third-order valence-electron chi connectivity index (χ3n) is 4.54. The van der Waals surface area contributed by atoms with Crippen LogP contribution in [0.2, 0.25) is 5.02 Å². The van der Waals surface area contributed by atoms with Crippen molar-refractivity contribution in [2.45, 2.75) is 25.3 Å². The van der Waals surface area contributed by atoms with Crippen LogP contribution < -0.4 is 10.6 Å². The van der Waals surface area contributed by atoms with Gasteiger partial charge in [-0.2, -0.15) is 0 Å². The van der Waals surface area contributed by atoms with E-state index in [-0.39, 0.29) is 31.2 Å². The van der Waals surface area contributed by atoms with Crippen LogP contribution >= 0.6 is 11.6 Å². The van der Waals surface area contributed by atoms with E-state index in [9.17, 15) is 14.4 Å². The number of carbonyl (C=O) groups excluding carboxylic acids is 3. The van der Waals surface area contributed by atoms with E-state index in [0.717, 1.165) is 16.5 Å². The molecule has 4 amide bonds. The van der Waals surface area contributed by atoms with Crippen LogP contribution in [0.3, 0.4) is 0 Å². The lowest BCUT2D eigenvalue weighted by Crippen LogP contribution is -2.34. The smallest absolute Gasteiger partial charge is 0.324 e. The molecule has 0 saturated carbocycles. The molecule has 0 radical (unpaired) electrons. The van der Waals surface area contributed by atoms with Gasteiger partial charge in [0.25, 0.3) is 5.91 Å². The van der Waals surface area contributed by atoms with E-state index in [1.807, 2.05) is 18.3 Å². The average molecular weight is 389 g/mol. The molecule has 1 aliphatic rings. The summed E-state index contributed by atoms with van der Waals surface area (Å²) in [6.07, 6.45) is 4.40. The fraction of sp³-hybridized carbons (Fsp3) is 0.316. The number of urea groups is 1. The molecule has 1 aromatic heterocycles. The fourth-order valence-electron chi connectivity index (χ4n) is 3.12. The molecule has 0 bridgehead atoms. The average Bonchev–Trinajstić information content (AvgIpc) is 3.16. The van der Waals surface area contributed by atoms with Crippen molar-refractivity contribution in [3.8, 4) is 0 Å². The predicted octanol–water partition coefficient (Wildman–Crippen LogP) is 2.37. The van der Waals surface area contributed by atoms with Crippen LogP contribution in [0.4, 0.5) is 4.79 Å². The van der Waals surface area contributed by atoms with Gasteiger partial charge in [0.05, 0.1) is 0 Å². The number of carbonyl (C=O) groups is 3. The Bertz CT molecular complexity index is 892. The van der Waals surface area contributed by atoms with E-state index in [1.54, 1.807) is 12.1 Å². The van der Waals surface area contributed by atoms with Gasteiger partial charge in [-0.1, -0.05) is 17.7 Å². The van der Waals surface area contributed by atoms with E-state index in [2.05, 4.69) is 22.2 Å². The van der Waals surface area contributed by atoms with Gasteiger partial charge in [-0.05, 0) is 36.6 Å². The molecule has 1 aromatic carbocycles. The standard InChI is InChI=1S/C19H21ClN4O3/c1-2-8-21-17(25)6-5-16-18(26)24(19(27)23-16)9-7-12-11-22-15-4-3-13(20)10-14(12)15/h2-4,10-11,16,22H,1,5-9H2,(H,21,25)(H,23,27)/t16-/m1/s1. The van der Waals surface area contributed by atoms with Gasteiger partial charge in [0.2, 0.25) is 5.91 Å². The SMILES string of the molecule is C=CCNC(=O)CC[C@H]1NC(=O)N(CCc2c[nH]c3ccc(Cl)cc23)C1=O. The highest BCUT2D eigenvalue weighted by Gasteiger charge is 2.37. The van der Waals surface area contributed by atoms with Crippen molar-refractivity contribution >= 4 is 40.3 Å². The zero-order valence-electron chi connectivity index (χ0n) is 14.8. The second-order valence-electron chi connectivity index (χ2n) is 6.38. The number of hydrogen-bond acceptors (Lipinski definition) is 3. The van der Waals surface area contributed by atoms with Gasteiger partial charge in [-0.3, -0.25) is 14.5 Å². The summed E-state index contributed by atoms with van der Waals surface area (Å²) in [7, 11) is 0. The summed E-state index contributed by atoms with van der Waals surface area (Å²) in [6.45, 7) is 4.17. The number of nitrogens with zero attached hydrogens (tertiary/aromatic N) is 1. The fourth-order valence-corrected chi connectivity index (χ4v) is 3.30. The van der Waals surface area contributed by atoms with Crippen LogP contribution in [-0.2, 0) is 16.0 Å². The summed E-state index contributed by atoms with van der Waals surface area (Å²) in [5, 5.41) is 6.91. The number of rotatable bonds is 8. The van der Waals surface area contributed by atoms with Gasteiger partial charge in [0.15, 0.2) is 0 Å². The third-order valence-corrected chi connectivity index (χ3v) is 4.78. The Morgan fingerprint density at radius 1 is 1.37 bits per heavy atom. The van der Waals surface area contributed by atoms with Crippen LogP contribution in [0.1, 0.15) is 18.4 Å². The normalized spacial score (nSPS) is 16.6. The first-order chi connectivity index (χ1) is 13.0. The van der Waals surface area contributed by atoms with Gasteiger partial charge in [0.1, 0.15) is 6.04 Å². The first-order valence-electron chi connectivity index (χ1n) is 8.74. The summed E-state index contributed by atoms with van der Waals surface area (Å²) >= 11 is 6.05. The number of fused-ring (bicyclic) bond motifs is 1. The van der Waals surface area contributed by atoms with Crippen LogP contribution in [-0.4, -0.2) is 46.9 Å². The number of aromatic amines is 1. The van der Waals surface area contributed by atoms with Gasteiger partial charge < -0.3 is 15.6 Å². The van der Waals surface area contributed by atoms with E-state index < -0.39 is 12.1 Å². The van der Waals surface area contributed by atoms with Crippen molar-refractivity contribution in [2.75, 3.05) is 13.1 Å². The van der Waals surface area contributed by atoms with E-state index in [4.69, 9.17) is 11.6 Å². The molecule has 2 aromatic rings. The maximum atomic E-state index is 12.5. The molecule has 0 spiro atoms. The summed E-state index contributed by atoms with van der Waals surface area (Å²) in [5.41, 5.74) is 1.94. The summed E-state index contributed by atoms with van der Waals surface area (Å²) in [6, 6.07) is 4.47. The molecule has 1 aliphatic heterocycles. The van der Waals surface area contributed by atoms with Crippen molar-refractivity contribution in [1.82, 2.24) is 20.5 Å². The number of amides is 4. The molecule has 3 rings (SSSR count). The summed E-state index contributed by atoms with van der Waals surface area (Å²) < 4.78 is 0. The third kappa shape index (κ3) is 4.31. The Balaban J connectivity index is 1.58. The molecule has 8 heteroatoms. The van der Waals surface area contributed by atoms with Crippen LogP contribution in [0.5, 0.6) is 0 Å². The highest BCUT2D eigenvalue weighted by molar-refractivity contribution is 6.31. The van der Waals surface area contributed by atoms with Crippen LogP contribution in [0, 0.1) is 0 Å². The number of imide groups is 1. The zero-order valence-corrected chi connectivity index (χ0v) is 15.5. The first kappa shape index (κ1) is 19.0. The van der Waals surface area contributed by atoms with Crippen LogP contribution in [0.25, 0.3) is 10.9 Å². The first-order valence-corrected chi connectivity index (χ1v) is 9.12. The second-order valence-corrected chi connectivity index (χ2v) is 6.81. The number of nitrogens with one attached hydrogen (secondary N) is 3. The van der Waals surface area contributed by atoms with Gasteiger partial charge in [-0.15, -0.1) is 6.58 Å². The van der Waals surface area contributed by atoms with Crippen molar-refractivity contribution in [1.29, 1.82) is 0 Å². The number of aromatic nitrogens is 1. The highest BCUT2D eigenvalue weighted by Crippen LogP contribution is 2.23. The molecule has 7 nitrogen and oxygen atoms in total. The minimum absolute atomic E-state index is 0.166. The minimum atomic E-state index is -0.663. The van der Waals surface area contributed by atoms with E-state index in [0.29, 0.717) is 18.0 Å². The number of hydrogen-bond donors (Lipinski definition) is 3. The lowest BCUT2D eigenvalue weighted by atomic mass is 10.1. The molecule has 2 heterocycles. The maximum absolute atomic E-state index is 12.5. The van der Waals surface area contributed by atoms with Gasteiger partial charge >= 0.3 is 6.03 Å². The number of H-pyrrole nitrogens is 1. The Morgan fingerprint density at radius 3 is 2.96 bits per heavy atom. The lowest BCUT2D eigenvalue weighted by Gasteiger charge is -2.12. The van der Waals surface area contributed by atoms with Crippen molar-refractivity contribution in [3.05, 3.63) is 47.6 Å². The minimum Gasteiger partial charge on any atom is -0.361 e. The Kier molecular flexibility index (Phi) is 5.81. The van der Waals surface area contributed by atoms with Crippen molar-refractivity contribution in [2.24, 2.45) is 0 Å². The highest BCUT2D eigenvalue weighted by atomic mass is 35.5. The van der Waals surface area contributed by atoms with E-state index in [1.165, 1.54) is 4.90 Å². The number of halogens is 1. The quantitative estimate of drug-likeness (QED) is 0.478. The topological polar surface area (TPSA) is 94.3 Å². The Morgan fingerprint density at radius 2 is 2.19 bits per heavy atom. The Hall–Kier alpha value is -2.80. The molecule has 1 atom stereocenters. The molecular formula is C19H21ClN4O3. The maximum Gasteiger partial charge on any atom is 0.324 e. The lowest BCUT2D eigenvalue weighted by molar-refractivity contribution is -0.127. The Labute approximate surface area is 161 Å². The number of benzene rings is 1. The molecule has 27 heavy (non-hydrogen) atoms. The predicted molar refractivity (Wildman–Crippen MR) is 103 cm³/mol. The molecule has 142 valence electrons. The monoisotopic (exact) mass is 388 g/mol. The summed E-state index contributed by atoms with van der Waals surface area (Å²) in [4.78, 5) is 40.6. The van der Waals surface area contributed by atoms with Crippen LogP contribution in [0.15, 0.2) is 37.1 Å². The molecule has 1 fully saturated rings. The summed E-state index contributed by atoms with van der Waals surface area (Å²) in [5.74, 6) is -0.472. The second kappa shape index (κ2) is 8.26. The van der Waals surface area contributed by atoms with Gasteiger partial charge in [-0.25, -0.2) is 4.79 Å².